The minimum Gasteiger partial charge on any atom is -0.481 e. The van der Waals surface area contributed by atoms with Gasteiger partial charge in [0.1, 0.15) is 0 Å². The number of Topliss-reactive ketones (excluding diaryl/α,β-unsaturated/α-hetero) is 1. The van der Waals surface area contributed by atoms with Crippen molar-refractivity contribution < 1.29 is 14.7 Å². The van der Waals surface area contributed by atoms with Crippen LogP contribution in [0.4, 0.5) is 0 Å². The second-order valence-corrected chi connectivity index (χ2v) is 17.3. The van der Waals surface area contributed by atoms with Gasteiger partial charge in [0.25, 0.3) is 0 Å². The molecular formula is C37H49IO3. The summed E-state index contributed by atoms with van der Waals surface area (Å²) in [6.07, 6.45) is 11.1. The molecule has 5 aliphatic rings. The number of aliphatic carboxylic acids is 1. The molecule has 0 heterocycles. The second kappa shape index (κ2) is 9.53. The number of benzene rings is 1. The fourth-order valence-electron chi connectivity index (χ4n) is 12.3. The van der Waals surface area contributed by atoms with E-state index in [4.69, 9.17) is 0 Å². The van der Waals surface area contributed by atoms with E-state index in [0.29, 0.717) is 29.5 Å². The van der Waals surface area contributed by atoms with Gasteiger partial charge in [0.15, 0.2) is 5.78 Å². The maximum Gasteiger partial charge on any atom is 0.309 e. The Balaban J connectivity index is 1.42. The highest BCUT2D eigenvalue weighted by atomic mass is 127. The molecule has 0 aromatic heterocycles. The van der Waals surface area contributed by atoms with Gasteiger partial charge in [-0.1, -0.05) is 58.9 Å². The molecule has 222 valence electrons. The predicted molar refractivity (Wildman–Crippen MR) is 174 cm³/mol. The van der Waals surface area contributed by atoms with Crippen LogP contribution in [-0.2, 0) is 9.59 Å². The molecule has 0 aliphatic heterocycles. The van der Waals surface area contributed by atoms with Crippen LogP contribution in [0.1, 0.15) is 105 Å². The minimum atomic E-state index is -0.583. The summed E-state index contributed by atoms with van der Waals surface area (Å²) in [7, 11) is 0. The normalized spacial score (nSPS) is 45.8. The number of carbonyl (C=O) groups is 2. The van der Waals surface area contributed by atoms with Crippen LogP contribution in [0.3, 0.4) is 0 Å². The summed E-state index contributed by atoms with van der Waals surface area (Å²) in [5.74, 6) is 1.58. The van der Waals surface area contributed by atoms with Crippen LogP contribution in [0.5, 0.6) is 0 Å². The highest BCUT2D eigenvalue weighted by Crippen LogP contribution is 2.77. The number of fused-ring (bicyclic) bond motifs is 7. The zero-order valence-electron chi connectivity index (χ0n) is 26.0. The molecule has 0 bridgehead atoms. The van der Waals surface area contributed by atoms with Gasteiger partial charge >= 0.3 is 5.97 Å². The first kappa shape index (κ1) is 29.6. The second-order valence-electron chi connectivity index (χ2n) is 16.1. The van der Waals surface area contributed by atoms with Crippen molar-refractivity contribution in [1.82, 2.24) is 0 Å². The SMILES string of the molecule is C=C(C)[C@H]1CC[C@]2(C(=O)O)CC[C@@]3(C)[C@H](CC[C@H]4[C@@]5(C)CC(=Cc6cccc(I)c6)C(=O)C(C)(C)[C@@H]5CC[C@]43C)[C@@H]12. The molecule has 0 spiro atoms. The summed E-state index contributed by atoms with van der Waals surface area (Å²) < 4.78 is 1.19. The summed E-state index contributed by atoms with van der Waals surface area (Å²) in [6, 6.07) is 8.48. The number of hydrogen-bond donors (Lipinski definition) is 1. The number of ketones is 1. The molecule has 5 aliphatic carbocycles. The summed E-state index contributed by atoms with van der Waals surface area (Å²) in [4.78, 5) is 27.0. The maximum atomic E-state index is 14.1. The van der Waals surface area contributed by atoms with E-state index in [1.165, 1.54) is 9.14 Å². The molecule has 1 N–H and O–H groups in total. The van der Waals surface area contributed by atoms with Crippen LogP contribution >= 0.6 is 22.6 Å². The van der Waals surface area contributed by atoms with Crippen LogP contribution in [0.15, 0.2) is 42.0 Å². The molecule has 0 amide bonds. The molecule has 1 aromatic rings. The quantitative estimate of drug-likeness (QED) is 0.198. The molecule has 3 nitrogen and oxygen atoms in total. The Hall–Kier alpha value is -1.43. The average molecular weight is 669 g/mol. The summed E-state index contributed by atoms with van der Waals surface area (Å²) in [5.41, 5.74) is 2.59. The predicted octanol–water partition coefficient (Wildman–Crippen LogP) is 9.60. The number of carboxylic acids is 1. The maximum absolute atomic E-state index is 14.1. The van der Waals surface area contributed by atoms with Gasteiger partial charge in [-0.05, 0) is 162 Å². The lowest BCUT2D eigenvalue weighted by Gasteiger charge is -2.72. The fraction of sp³-hybridized carbons (Fsp3) is 0.676. The molecule has 41 heavy (non-hydrogen) atoms. The van der Waals surface area contributed by atoms with Crippen molar-refractivity contribution in [2.75, 3.05) is 0 Å². The van der Waals surface area contributed by atoms with Gasteiger partial charge in [0.2, 0.25) is 0 Å². The lowest BCUT2D eigenvalue weighted by Crippen LogP contribution is -2.67. The van der Waals surface area contributed by atoms with Gasteiger partial charge in [0, 0.05) is 8.99 Å². The Kier molecular flexibility index (Phi) is 6.89. The smallest absolute Gasteiger partial charge is 0.309 e. The first-order valence-electron chi connectivity index (χ1n) is 16.0. The third-order valence-corrected chi connectivity index (χ3v) is 14.9. The van der Waals surface area contributed by atoms with Gasteiger partial charge in [-0.2, -0.15) is 0 Å². The van der Waals surface area contributed by atoms with Crippen LogP contribution < -0.4 is 0 Å². The Morgan fingerprint density at radius 1 is 0.976 bits per heavy atom. The van der Waals surface area contributed by atoms with Gasteiger partial charge in [-0.15, -0.1) is 0 Å². The fourth-order valence-corrected chi connectivity index (χ4v) is 12.9. The van der Waals surface area contributed by atoms with Crippen LogP contribution in [0.25, 0.3) is 6.08 Å². The average Bonchev–Trinajstić information content (AvgIpc) is 3.29. The molecule has 4 heteroatoms. The van der Waals surface area contributed by atoms with Crippen molar-refractivity contribution >= 4 is 40.4 Å². The summed E-state index contributed by atoms with van der Waals surface area (Å²) in [5, 5.41) is 10.6. The van der Waals surface area contributed by atoms with Crippen molar-refractivity contribution in [3.8, 4) is 0 Å². The number of halogens is 1. The lowest BCUT2D eigenvalue weighted by atomic mass is 9.32. The van der Waals surface area contributed by atoms with Crippen LogP contribution in [-0.4, -0.2) is 16.9 Å². The molecule has 6 rings (SSSR count). The molecule has 0 unspecified atom stereocenters. The molecule has 9 atom stereocenters. The van der Waals surface area contributed by atoms with E-state index < -0.39 is 11.4 Å². The first-order chi connectivity index (χ1) is 19.1. The van der Waals surface area contributed by atoms with E-state index in [0.717, 1.165) is 68.9 Å². The Morgan fingerprint density at radius 2 is 1.71 bits per heavy atom. The Labute approximate surface area is 261 Å². The highest BCUT2D eigenvalue weighted by Gasteiger charge is 2.72. The van der Waals surface area contributed by atoms with E-state index in [1.807, 2.05) is 0 Å². The zero-order valence-corrected chi connectivity index (χ0v) is 28.1. The Morgan fingerprint density at radius 3 is 2.37 bits per heavy atom. The highest BCUT2D eigenvalue weighted by molar-refractivity contribution is 14.1. The van der Waals surface area contributed by atoms with Crippen molar-refractivity contribution in [2.45, 2.75) is 99.3 Å². The lowest BCUT2D eigenvalue weighted by molar-refractivity contribution is -0.231. The molecule has 5 saturated carbocycles. The van der Waals surface area contributed by atoms with E-state index in [9.17, 15) is 14.7 Å². The number of rotatable bonds is 3. The van der Waals surface area contributed by atoms with Crippen molar-refractivity contribution in [3.63, 3.8) is 0 Å². The van der Waals surface area contributed by atoms with Gasteiger partial charge in [0.05, 0.1) is 5.41 Å². The van der Waals surface area contributed by atoms with Crippen molar-refractivity contribution in [2.24, 2.45) is 56.7 Å². The molecular weight excluding hydrogens is 619 g/mol. The monoisotopic (exact) mass is 668 g/mol. The van der Waals surface area contributed by atoms with Crippen molar-refractivity contribution in [3.05, 3.63) is 51.1 Å². The third kappa shape index (κ3) is 3.93. The molecule has 1 aromatic carbocycles. The van der Waals surface area contributed by atoms with Gasteiger partial charge < -0.3 is 5.11 Å². The number of allylic oxidation sites excluding steroid dienone is 2. The minimum absolute atomic E-state index is 0.0386. The number of carbonyl (C=O) groups excluding carboxylic acids is 1. The first-order valence-corrected chi connectivity index (χ1v) is 17.1. The van der Waals surface area contributed by atoms with Crippen LogP contribution in [0, 0.1) is 60.2 Å². The molecule has 5 fully saturated rings. The van der Waals surface area contributed by atoms with Crippen LogP contribution in [0.2, 0.25) is 0 Å². The van der Waals surface area contributed by atoms with E-state index in [1.54, 1.807) is 0 Å². The summed E-state index contributed by atoms with van der Waals surface area (Å²) in [6.45, 7) is 18.6. The van der Waals surface area contributed by atoms with Crippen molar-refractivity contribution in [1.29, 1.82) is 0 Å². The van der Waals surface area contributed by atoms with Gasteiger partial charge in [-0.25, -0.2) is 0 Å². The van der Waals surface area contributed by atoms with E-state index >= 15 is 0 Å². The van der Waals surface area contributed by atoms with Gasteiger partial charge in [-0.3, -0.25) is 9.59 Å². The molecule has 0 radical (unpaired) electrons. The largest absolute Gasteiger partial charge is 0.481 e. The topological polar surface area (TPSA) is 54.4 Å². The Bertz CT molecular complexity index is 1340. The summed E-state index contributed by atoms with van der Waals surface area (Å²) >= 11 is 2.35. The third-order valence-electron chi connectivity index (χ3n) is 14.3. The zero-order chi connectivity index (χ0) is 29.8. The van der Waals surface area contributed by atoms with E-state index in [2.05, 4.69) is 101 Å². The number of hydrogen-bond acceptors (Lipinski definition) is 2. The van der Waals surface area contributed by atoms with E-state index in [-0.39, 0.29) is 27.6 Å². The number of carboxylic acid groups (broad SMARTS) is 1. The molecule has 0 saturated heterocycles. The standard InChI is InChI=1S/C37H49IO3/c1-22(2)26-13-16-37(32(40)41)18-17-35(6)27(30(26)37)11-12-29-34(5)21-24(19-23-9-8-10-25(38)20-23)31(39)33(3,4)28(34)14-15-36(29,35)7/h8-10,19-20,26-30H,1,11-18,21H2,2-7H3,(H,40,41)/t26-,27-,28+,29+,30-,34+,35+,36-,37+/m1/s1.